The summed E-state index contributed by atoms with van der Waals surface area (Å²) >= 11 is 0. The van der Waals surface area contributed by atoms with E-state index in [4.69, 9.17) is 9.26 Å². The maximum atomic E-state index is 13.4. The summed E-state index contributed by atoms with van der Waals surface area (Å²) in [4.78, 5) is 8.73. The van der Waals surface area contributed by atoms with Gasteiger partial charge < -0.3 is 14.6 Å². The van der Waals surface area contributed by atoms with Crippen LogP contribution in [0, 0.1) is 5.82 Å². The molecule has 7 heteroatoms. The molecule has 6 nitrogen and oxygen atoms in total. The zero-order chi connectivity index (χ0) is 20.1. The van der Waals surface area contributed by atoms with Crippen LogP contribution in [0.5, 0.6) is 5.75 Å². The van der Waals surface area contributed by atoms with Gasteiger partial charge in [0.15, 0.2) is 0 Å². The number of ether oxygens (including phenoxy) is 1. The van der Waals surface area contributed by atoms with Gasteiger partial charge in [-0.15, -0.1) is 0 Å². The summed E-state index contributed by atoms with van der Waals surface area (Å²) in [5.41, 5.74) is 2.29. The molecule has 2 aromatic carbocycles. The Hall–Kier alpha value is -3.74. The number of para-hydroxylation sites is 1. The van der Waals surface area contributed by atoms with Gasteiger partial charge in [0.2, 0.25) is 5.82 Å². The largest absolute Gasteiger partial charge is 0.494 e. The van der Waals surface area contributed by atoms with Gasteiger partial charge in [0, 0.05) is 23.9 Å². The Morgan fingerprint density at radius 2 is 1.93 bits per heavy atom. The summed E-state index contributed by atoms with van der Waals surface area (Å²) in [6.45, 7) is 3.17. The standard InChI is InChI=1S/C22H19FN4O2/c1-2-28-19-9-4-3-6-16(19)13-24-20-11-10-17(14-25-20)22-26-21(27-29-22)15-7-5-8-18(23)12-15/h3-12,14H,2,13H2,1H3,(H,24,25). The Bertz CT molecular complexity index is 1100. The molecule has 4 aromatic rings. The molecule has 0 amide bonds. The van der Waals surface area contributed by atoms with Crippen LogP contribution in [0.3, 0.4) is 0 Å². The quantitative estimate of drug-likeness (QED) is 0.481. The van der Waals surface area contributed by atoms with Gasteiger partial charge in [0.05, 0.1) is 12.2 Å². The van der Waals surface area contributed by atoms with Crippen LogP contribution in [0.2, 0.25) is 0 Å². The Labute approximate surface area is 167 Å². The predicted molar refractivity (Wildman–Crippen MR) is 108 cm³/mol. The van der Waals surface area contributed by atoms with Crippen molar-refractivity contribution in [1.29, 1.82) is 0 Å². The Balaban J connectivity index is 1.45. The van der Waals surface area contributed by atoms with E-state index in [-0.39, 0.29) is 5.82 Å². The van der Waals surface area contributed by atoms with Crippen molar-refractivity contribution >= 4 is 5.82 Å². The molecule has 146 valence electrons. The van der Waals surface area contributed by atoms with Crippen LogP contribution in [0.25, 0.3) is 22.8 Å². The predicted octanol–water partition coefficient (Wildman–Crippen LogP) is 4.95. The zero-order valence-corrected chi connectivity index (χ0v) is 15.8. The smallest absolute Gasteiger partial charge is 0.259 e. The van der Waals surface area contributed by atoms with Crippen LogP contribution >= 0.6 is 0 Å². The second-order valence-electron chi connectivity index (χ2n) is 6.26. The van der Waals surface area contributed by atoms with Crippen molar-refractivity contribution in [2.75, 3.05) is 11.9 Å². The second kappa shape index (κ2) is 8.52. The first-order chi connectivity index (χ1) is 14.2. The molecule has 29 heavy (non-hydrogen) atoms. The first kappa shape index (κ1) is 18.6. The fourth-order valence-electron chi connectivity index (χ4n) is 2.84. The highest BCUT2D eigenvalue weighted by atomic mass is 19.1. The number of nitrogens with one attached hydrogen (secondary N) is 1. The number of benzene rings is 2. The fourth-order valence-corrected chi connectivity index (χ4v) is 2.84. The van der Waals surface area contributed by atoms with Gasteiger partial charge in [-0.05, 0) is 37.3 Å². The van der Waals surface area contributed by atoms with Crippen molar-refractivity contribution in [3.05, 3.63) is 78.2 Å². The maximum Gasteiger partial charge on any atom is 0.259 e. The molecule has 0 saturated carbocycles. The van der Waals surface area contributed by atoms with Gasteiger partial charge in [-0.25, -0.2) is 9.37 Å². The Kier molecular flexibility index (Phi) is 5.47. The number of anilines is 1. The van der Waals surface area contributed by atoms with E-state index in [1.165, 1.54) is 12.1 Å². The van der Waals surface area contributed by atoms with Crippen LogP contribution in [-0.2, 0) is 6.54 Å². The first-order valence-corrected chi connectivity index (χ1v) is 9.23. The van der Waals surface area contributed by atoms with Crippen molar-refractivity contribution < 1.29 is 13.7 Å². The van der Waals surface area contributed by atoms with Gasteiger partial charge in [-0.1, -0.05) is 35.5 Å². The summed E-state index contributed by atoms with van der Waals surface area (Å²) in [6.07, 6.45) is 1.65. The minimum Gasteiger partial charge on any atom is -0.494 e. The van der Waals surface area contributed by atoms with Crippen molar-refractivity contribution in [3.63, 3.8) is 0 Å². The molecule has 0 aliphatic carbocycles. The molecule has 0 spiro atoms. The van der Waals surface area contributed by atoms with Crippen LogP contribution in [0.4, 0.5) is 10.2 Å². The van der Waals surface area contributed by atoms with Crippen molar-refractivity contribution in [3.8, 4) is 28.6 Å². The molecule has 2 heterocycles. The molecular formula is C22H19FN4O2. The summed E-state index contributed by atoms with van der Waals surface area (Å²) in [5, 5.41) is 7.20. The topological polar surface area (TPSA) is 73.1 Å². The normalized spacial score (nSPS) is 10.7. The minimum absolute atomic E-state index is 0.324. The molecule has 0 saturated heterocycles. The molecule has 0 bridgehead atoms. The van der Waals surface area contributed by atoms with Crippen molar-refractivity contribution in [2.45, 2.75) is 13.5 Å². The van der Waals surface area contributed by atoms with Crippen LogP contribution in [0.15, 0.2) is 71.4 Å². The lowest BCUT2D eigenvalue weighted by Gasteiger charge is -2.11. The minimum atomic E-state index is -0.350. The van der Waals surface area contributed by atoms with E-state index in [0.29, 0.717) is 41.8 Å². The van der Waals surface area contributed by atoms with E-state index in [9.17, 15) is 4.39 Å². The van der Waals surface area contributed by atoms with E-state index in [2.05, 4.69) is 20.4 Å². The van der Waals surface area contributed by atoms with Gasteiger partial charge in [-0.3, -0.25) is 0 Å². The first-order valence-electron chi connectivity index (χ1n) is 9.23. The average molecular weight is 390 g/mol. The number of halogens is 1. The lowest BCUT2D eigenvalue weighted by molar-refractivity contribution is 0.337. The van der Waals surface area contributed by atoms with E-state index < -0.39 is 0 Å². The zero-order valence-electron chi connectivity index (χ0n) is 15.8. The number of rotatable bonds is 7. The summed E-state index contributed by atoms with van der Waals surface area (Å²) in [5.74, 6) is 1.87. The molecule has 0 fully saturated rings. The molecule has 0 radical (unpaired) electrons. The SMILES string of the molecule is CCOc1ccccc1CNc1ccc(-c2nc(-c3cccc(F)c3)no2)cn1. The number of aromatic nitrogens is 3. The van der Waals surface area contributed by atoms with Gasteiger partial charge in [-0.2, -0.15) is 4.98 Å². The number of hydrogen-bond donors (Lipinski definition) is 1. The van der Waals surface area contributed by atoms with Gasteiger partial charge >= 0.3 is 0 Å². The lowest BCUT2D eigenvalue weighted by atomic mass is 10.2. The second-order valence-corrected chi connectivity index (χ2v) is 6.26. The Morgan fingerprint density at radius 1 is 1.03 bits per heavy atom. The Morgan fingerprint density at radius 3 is 2.72 bits per heavy atom. The van der Waals surface area contributed by atoms with E-state index in [1.807, 2.05) is 43.3 Å². The van der Waals surface area contributed by atoms with Crippen LogP contribution in [0.1, 0.15) is 12.5 Å². The molecule has 0 unspecified atom stereocenters. The average Bonchev–Trinajstić information content (AvgIpc) is 3.24. The molecule has 0 aliphatic rings. The van der Waals surface area contributed by atoms with Crippen LogP contribution < -0.4 is 10.1 Å². The highest BCUT2D eigenvalue weighted by molar-refractivity contribution is 5.60. The monoisotopic (exact) mass is 390 g/mol. The molecule has 0 aliphatic heterocycles. The van der Waals surface area contributed by atoms with Gasteiger partial charge in [0.25, 0.3) is 5.89 Å². The van der Waals surface area contributed by atoms with E-state index in [0.717, 1.165) is 11.3 Å². The van der Waals surface area contributed by atoms with E-state index in [1.54, 1.807) is 18.3 Å². The van der Waals surface area contributed by atoms with E-state index >= 15 is 0 Å². The molecule has 2 aromatic heterocycles. The third-order valence-corrected chi connectivity index (χ3v) is 4.25. The van der Waals surface area contributed by atoms with Crippen molar-refractivity contribution in [1.82, 2.24) is 15.1 Å². The molecule has 1 N–H and O–H groups in total. The summed E-state index contributed by atoms with van der Waals surface area (Å²) in [7, 11) is 0. The molecular weight excluding hydrogens is 371 g/mol. The van der Waals surface area contributed by atoms with Gasteiger partial charge in [0.1, 0.15) is 17.4 Å². The number of nitrogens with zero attached hydrogens (tertiary/aromatic N) is 3. The molecule has 0 atom stereocenters. The highest BCUT2D eigenvalue weighted by Crippen LogP contribution is 2.23. The maximum absolute atomic E-state index is 13.4. The highest BCUT2D eigenvalue weighted by Gasteiger charge is 2.12. The third-order valence-electron chi connectivity index (χ3n) is 4.25. The lowest BCUT2D eigenvalue weighted by Crippen LogP contribution is -2.04. The number of hydrogen-bond acceptors (Lipinski definition) is 6. The van der Waals surface area contributed by atoms with Crippen LogP contribution in [-0.4, -0.2) is 21.7 Å². The summed E-state index contributed by atoms with van der Waals surface area (Å²) in [6, 6.07) is 17.6. The third kappa shape index (κ3) is 4.40. The summed E-state index contributed by atoms with van der Waals surface area (Å²) < 4.78 is 24.3. The van der Waals surface area contributed by atoms with Crippen molar-refractivity contribution in [2.24, 2.45) is 0 Å². The molecule has 4 rings (SSSR count). The number of pyridine rings is 1. The fraction of sp³-hybridized carbons (Fsp3) is 0.136.